The minimum Gasteiger partial charge on any atom is -0.389 e. The molecule has 2 rings (SSSR count). The largest absolute Gasteiger partial charge is 0.389 e. The first-order valence-electron chi connectivity index (χ1n) is 5.42. The molecule has 0 aliphatic heterocycles. The maximum absolute atomic E-state index is 13.8. The number of halogens is 2. The summed E-state index contributed by atoms with van der Waals surface area (Å²) in [7, 11) is 0. The van der Waals surface area contributed by atoms with E-state index in [1.807, 2.05) is 6.92 Å². The fourth-order valence-corrected chi connectivity index (χ4v) is 2.44. The fraction of sp³-hybridized carbons (Fsp3) is 0.167. The Bertz CT molecular complexity index is 625. The van der Waals surface area contributed by atoms with Gasteiger partial charge in [0.15, 0.2) is 11.6 Å². The van der Waals surface area contributed by atoms with Crippen molar-refractivity contribution >= 4 is 34.2 Å². The van der Waals surface area contributed by atoms with Gasteiger partial charge in [-0.25, -0.2) is 13.8 Å². The highest BCUT2D eigenvalue weighted by molar-refractivity contribution is 7.80. The predicted molar refractivity (Wildman–Crippen MR) is 76.4 cm³/mol. The molecule has 19 heavy (non-hydrogen) atoms. The molecule has 0 aliphatic rings. The first-order valence-corrected chi connectivity index (χ1v) is 6.64. The summed E-state index contributed by atoms with van der Waals surface area (Å²) in [5.41, 5.74) is 5.28. The number of anilines is 1. The molecule has 0 aliphatic carbocycles. The van der Waals surface area contributed by atoms with Gasteiger partial charge in [0.05, 0.1) is 17.2 Å². The monoisotopic (exact) mass is 299 g/mol. The molecule has 1 aromatic heterocycles. The maximum Gasteiger partial charge on any atom is 0.182 e. The van der Waals surface area contributed by atoms with Crippen molar-refractivity contribution in [1.29, 1.82) is 0 Å². The molecule has 0 amide bonds. The lowest BCUT2D eigenvalue weighted by Crippen LogP contribution is -2.13. The number of nitrogens with zero attached hydrogens (tertiary/aromatic N) is 1. The molecule has 0 spiro atoms. The predicted octanol–water partition coefficient (Wildman–Crippen LogP) is 2.98. The van der Waals surface area contributed by atoms with Crippen LogP contribution in [0.25, 0.3) is 0 Å². The molecule has 0 radical (unpaired) electrons. The van der Waals surface area contributed by atoms with Crippen LogP contribution >= 0.6 is 23.6 Å². The smallest absolute Gasteiger partial charge is 0.182 e. The molecule has 1 aromatic carbocycles. The van der Waals surface area contributed by atoms with E-state index in [4.69, 9.17) is 5.73 Å². The molecule has 0 atom stereocenters. The number of rotatable bonds is 4. The topological polar surface area (TPSA) is 50.9 Å². The van der Waals surface area contributed by atoms with Crippen LogP contribution in [0, 0.1) is 18.6 Å². The van der Waals surface area contributed by atoms with E-state index in [1.54, 1.807) is 6.20 Å². The van der Waals surface area contributed by atoms with Gasteiger partial charge in [0, 0.05) is 16.6 Å². The third-order valence-electron chi connectivity index (χ3n) is 2.47. The van der Waals surface area contributed by atoms with E-state index >= 15 is 0 Å². The molecule has 7 heteroatoms. The van der Waals surface area contributed by atoms with E-state index in [9.17, 15) is 8.78 Å². The third-order valence-corrected chi connectivity index (χ3v) is 3.60. The number of hydrogen-bond donors (Lipinski definition) is 2. The number of thiocarbonyl (C=S) groups is 1. The standard InChI is InChI=1S/C12H11F2N3S2/c1-6-16-4-7(19-6)5-17-9-3-2-8(12(15)18)10(13)11(9)14/h2-4,17H,5H2,1H3,(H2,15,18). The summed E-state index contributed by atoms with van der Waals surface area (Å²) in [6.45, 7) is 2.26. The summed E-state index contributed by atoms with van der Waals surface area (Å²) in [6.07, 6.45) is 1.70. The molecule has 3 N–H and O–H groups in total. The van der Waals surface area contributed by atoms with Crippen molar-refractivity contribution in [2.24, 2.45) is 5.73 Å². The van der Waals surface area contributed by atoms with Crippen molar-refractivity contribution in [1.82, 2.24) is 4.98 Å². The van der Waals surface area contributed by atoms with Crippen molar-refractivity contribution in [3.63, 3.8) is 0 Å². The van der Waals surface area contributed by atoms with Crippen molar-refractivity contribution < 1.29 is 8.78 Å². The number of benzene rings is 1. The molecule has 0 bridgehead atoms. The highest BCUT2D eigenvalue weighted by atomic mass is 32.1. The second-order valence-corrected chi connectivity index (χ2v) is 5.61. The van der Waals surface area contributed by atoms with Gasteiger partial charge in [0.25, 0.3) is 0 Å². The molecule has 3 nitrogen and oxygen atoms in total. The van der Waals surface area contributed by atoms with Crippen molar-refractivity contribution in [3.8, 4) is 0 Å². The third kappa shape index (κ3) is 3.05. The first-order chi connectivity index (χ1) is 8.99. The van der Waals surface area contributed by atoms with E-state index in [2.05, 4.69) is 22.5 Å². The van der Waals surface area contributed by atoms with Gasteiger partial charge in [-0.1, -0.05) is 12.2 Å². The number of nitrogens with two attached hydrogens (primary N) is 1. The molecular formula is C12H11F2N3S2. The molecule has 0 unspecified atom stereocenters. The number of nitrogens with one attached hydrogen (secondary N) is 1. The van der Waals surface area contributed by atoms with Gasteiger partial charge in [-0.05, 0) is 19.1 Å². The number of aromatic nitrogens is 1. The highest BCUT2D eigenvalue weighted by Crippen LogP contribution is 2.22. The zero-order chi connectivity index (χ0) is 14.0. The average molecular weight is 299 g/mol. The zero-order valence-corrected chi connectivity index (χ0v) is 11.7. The van der Waals surface area contributed by atoms with Crippen LogP contribution in [0.2, 0.25) is 0 Å². The molecule has 2 aromatic rings. The molecule has 100 valence electrons. The summed E-state index contributed by atoms with van der Waals surface area (Å²) in [5.74, 6) is -2.01. The molecule has 0 fully saturated rings. The SMILES string of the molecule is Cc1ncc(CNc2ccc(C(N)=S)c(F)c2F)s1. The Morgan fingerprint density at radius 1 is 1.42 bits per heavy atom. The van der Waals surface area contributed by atoms with Gasteiger partial charge in [-0.2, -0.15) is 0 Å². The van der Waals surface area contributed by atoms with Crippen LogP contribution in [-0.2, 0) is 6.54 Å². The second-order valence-electron chi connectivity index (χ2n) is 3.85. The minimum atomic E-state index is -1.03. The van der Waals surface area contributed by atoms with Gasteiger partial charge >= 0.3 is 0 Å². The van der Waals surface area contributed by atoms with Gasteiger partial charge in [-0.3, -0.25) is 0 Å². The minimum absolute atomic E-state index is 0.0727. The summed E-state index contributed by atoms with van der Waals surface area (Å²) < 4.78 is 27.4. The molecule has 1 heterocycles. The highest BCUT2D eigenvalue weighted by Gasteiger charge is 2.14. The summed E-state index contributed by atoms with van der Waals surface area (Å²) in [5, 5.41) is 3.74. The summed E-state index contributed by atoms with van der Waals surface area (Å²) in [4.78, 5) is 4.86. The van der Waals surface area contributed by atoms with Crippen LogP contribution in [0.3, 0.4) is 0 Å². The van der Waals surface area contributed by atoms with Gasteiger partial charge in [0.1, 0.15) is 4.99 Å². The summed E-state index contributed by atoms with van der Waals surface area (Å²) >= 11 is 6.13. The van der Waals surface area contributed by atoms with Crippen molar-refractivity contribution in [2.45, 2.75) is 13.5 Å². The molecular weight excluding hydrogens is 288 g/mol. The lowest BCUT2D eigenvalue weighted by atomic mass is 10.2. The van der Waals surface area contributed by atoms with E-state index in [-0.39, 0.29) is 16.2 Å². The fourth-order valence-electron chi connectivity index (χ4n) is 1.55. The Balaban J connectivity index is 2.17. The Morgan fingerprint density at radius 2 is 2.16 bits per heavy atom. The van der Waals surface area contributed by atoms with Crippen LogP contribution in [0.5, 0.6) is 0 Å². The average Bonchev–Trinajstić information content (AvgIpc) is 2.76. The van der Waals surface area contributed by atoms with E-state index in [0.29, 0.717) is 6.54 Å². The van der Waals surface area contributed by atoms with Gasteiger partial charge in [0.2, 0.25) is 0 Å². The van der Waals surface area contributed by atoms with Crippen LogP contribution in [-0.4, -0.2) is 9.97 Å². The van der Waals surface area contributed by atoms with E-state index < -0.39 is 11.6 Å². The number of thiazole rings is 1. The van der Waals surface area contributed by atoms with Crippen LogP contribution < -0.4 is 11.1 Å². The quantitative estimate of drug-likeness (QED) is 0.852. The first kappa shape index (κ1) is 13.8. The molecule has 0 saturated carbocycles. The van der Waals surface area contributed by atoms with Crippen LogP contribution in [0.4, 0.5) is 14.5 Å². The Labute approximate surface area is 118 Å². The lowest BCUT2D eigenvalue weighted by molar-refractivity contribution is 0.509. The zero-order valence-electron chi connectivity index (χ0n) is 10.0. The normalized spacial score (nSPS) is 10.5. The lowest BCUT2D eigenvalue weighted by Gasteiger charge is -2.09. The Kier molecular flexibility index (Phi) is 4.06. The maximum atomic E-state index is 13.8. The van der Waals surface area contributed by atoms with E-state index in [1.165, 1.54) is 23.5 Å². The van der Waals surface area contributed by atoms with Gasteiger partial charge < -0.3 is 11.1 Å². The Morgan fingerprint density at radius 3 is 2.74 bits per heavy atom. The Hall–Kier alpha value is -1.60. The van der Waals surface area contributed by atoms with Crippen LogP contribution in [0.1, 0.15) is 15.4 Å². The van der Waals surface area contributed by atoms with Crippen molar-refractivity contribution in [3.05, 3.63) is 45.4 Å². The summed E-state index contributed by atoms with van der Waals surface area (Å²) in [6, 6.07) is 2.78. The van der Waals surface area contributed by atoms with Crippen molar-refractivity contribution in [2.75, 3.05) is 5.32 Å². The number of hydrogen-bond acceptors (Lipinski definition) is 4. The van der Waals surface area contributed by atoms with E-state index in [0.717, 1.165) is 9.88 Å². The van der Waals surface area contributed by atoms with Gasteiger partial charge in [-0.15, -0.1) is 11.3 Å². The van der Waals surface area contributed by atoms with Crippen LogP contribution in [0.15, 0.2) is 18.3 Å². The number of aryl methyl sites for hydroxylation is 1. The molecule has 0 saturated heterocycles. The second kappa shape index (κ2) is 5.58.